The lowest BCUT2D eigenvalue weighted by Crippen LogP contribution is -2.18. The zero-order chi connectivity index (χ0) is 19.6. The molecule has 0 saturated carbocycles. The van der Waals surface area contributed by atoms with Gasteiger partial charge in [0, 0.05) is 18.4 Å². The van der Waals surface area contributed by atoms with Crippen molar-refractivity contribution in [2.24, 2.45) is 0 Å². The maximum absolute atomic E-state index is 12.3. The van der Waals surface area contributed by atoms with Crippen molar-refractivity contribution in [3.8, 4) is 11.5 Å². The molecule has 0 heterocycles. The van der Waals surface area contributed by atoms with Gasteiger partial charge < -0.3 is 19.5 Å². The summed E-state index contributed by atoms with van der Waals surface area (Å²) < 4.78 is 15.6. The Morgan fingerprint density at radius 1 is 1.26 bits per heavy atom. The number of thiol groups is 1. The van der Waals surface area contributed by atoms with E-state index in [2.05, 4.69) is 29.6 Å². The monoisotopic (exact) mass is 389 g/mol. The van der Waals surface area contributed by atoms with Crippen LogP contribution in [0.1, 0.15) is 37.0 Å². The molecule has 0 saturated heterocycles. The van der Waals surface area contributed by atoms with E-state index in [0.29, 0.717) is 22.1 Å². The fourth-order valence-corrected chi connectivity index (χ4v) is 2.61. The van der Waals surface area contributed by atoms with Gasteiger partial charge in [-0.2, -0.15) is 0 Å². The van der Waals surface area contributed by atoms with Crippen LogP contribution in [0.15, 0.2) is 47.4 Å². The van der Waals surface area contributed by atoms with Gasteiger partial charge in [0.1, 0.15) is 5.75 Å². The molecule has 2 rings (SSSR count). The summed E-state index contributed by atoms with van der Waals surface area (Å²) in [6.45, 7) is 4.51. The van der Waals surface area contributed by atoms with Crippen molar-refractivity contribution in [2.75, 3.05) is 11.9 Å². The molecule has 0 bridgehead atoms. The number of hydrogen-bond donors (Lipinski definition) is 2. The first-order chi connectivity index (χ1) is 13.0. The van der Waals surface area contributed by atoms with Crippen LogP contribution >= 0.6 is 12.6 Å². The van der Waals surface area contributed by atoms with Crippen LogP contribution in [0, 0.1) is 0 Å². The van der Waals surface area contributed by atoms with Crippen molar-refractivity contribution in [3.63, 3.8) is 0 Å². The number of unbranched alkanes of at least 4 members (excludes halogenated alkanes) is 1. The Morgan fingerprint density at radius 2 is 2.00 bits per heavy atom. The standard InChI is InChI=1S/C20H23NO5S/c1-3-4-10-21-17-11-15(20(23)25-14(2)24-13-22)12-18(27)19(17)26-16-8-6-5-7-9-16/h5-9,11-14,21,27H,3-4,10H2,1-2H3. The molecule has 0 spiro atoms. The van der Waals surface area contributed by atoms with Crippen molar-refractivity contribution >= 4 is 30.8 Å². The highest BCUT2D eigenvalue weighted by atomic mass is 32.1. The summed E-state index contributed by atoms with van der Waals surface area (Å²) in [6, 6.07) is 12.5. The van der Waals surface area contributed by atoms with Gasteiger partial charge in [-0.3, -0.25) is 4.79 Å². The largest absolute Gasteiger partial charge is 0.454 e. The lowest BCUT2D eigenvalue weighted by atomic mass is 10.1. The summed E-state index contributed by atoms with van der Waals surface area (Å²) in [4.78, 5) is 23.2. The molecule has 0 aliphatic heterocycles. The molecule has 1 unspecified atom stereocenters. The lowest BCUT2D eigenvalue weighted by molar-refractivity contribution is -0.149. The summed E-state index contributed by atoms with van der Waals surface area (Å²) in [7, 11) is 0. The topological polar surface area (TPSA) is 73.9 Å². The molecule has 144 valence electrons. The predicted molar refractivity (Wildman–Crippen MR) is 106 cm³/mol. The van der Waals surface area contributed by atoms with Crippen LogP contribution in [0.25, 0.3) is 0 Å². The van der Waals surface area contributed by atoms with Gasteiger partial charge in [-0.15, -0.1) is 12.6 Å². The number of ether oxygens (including phenoxy) is 3. The third-order valence-electron chi connectivity index (χ3n) is 3.63. The molecular formula is C20H23NO5S. The Morgan fingerprint density at radius 3 is 2.67 bits per heavy atom. The van der Waals surface area contributed by atoms with Gasteiger partial charge in [-0.25, -0.2) is 4.79 Å². The van der Waals surface area contributed by atoms with Crippen LogP contribution < -0.4 is 10.1 Å². The van der Waals surface area contributed by atoms with Crippen molar-refractivity contribution in [1.82, 2.24) is 0 Å². The van der Waals surface area contributed by atoms with Crippen LogP contribution in [0.3, 0.4) is 0 Å². The highest BCUT2D eigenvalue weighted by Crippen LogP contribution is 2.37. The van der Waals surface area contributed by atoms with E-state index in [4.69, 9.17) is 9.47 Å². The number of benzene rings is 2. The first kappa shape index (κ1) is 20.6. The number of anilines is 1. The molecule has 0 aromatic heterocycles. The van der Waals surface area contributed by atoms with Crippen molar-refractivity contribution < 1.29 is 23.8 Å². The zero-order valence-corrected chi connectivity index (χ0v) is 16.2. The molecule has 0 amide bonds. The second-order valence-corrected chi connectivity index (χ2v) is 6.25. The van der Waals surface area contributed by atoms with Gasteiger partial charge in [-0.05, 0) is 30.7 Å². The summed E-state index contributed by atoms with van der Waals surface area (Å²) in [5.41, 5.74) is 0.913. The maximum atomic E-state index is 12.3. The number of hydrogen-bond acceptors (Lipinski definition) is 7. The SMILES string of the molecule is CCCCNc1cc(C(=O)OC(C)OC=O)cc(S)c1Oc1ccccc1. The Bertz CT molecular complexity index is 766. The van der Waals surface area contributed by atoms with E-state index in [9.17, 15) is 9.59 Å². The normalized spacial score (nSPS) is 11.4. The maximum Gasteiger partial charge on any atom is 0.341 e. The van der Waals surface area contributed by atoms with Crippen LogP contribution in [0.5, 0.6) is 11.5 Å². The summed E-state index contributed by atoms with van der Waals surface area (Å²) in [6.07, 6.45) is 1.01. The molecule has 0 aliphatic rings. The molecule has 7 heteroatoms. The van der Waals surface area contributed by atoms with Gasteiger partial charge in [0.2, 0.25) is 6.29 Å². The van der Waals surface area contributed by atoms with E-state index < -0.39 is 12.3 Å². The summed E-state index contributed by atoms with van der Waals surface area (Å²) >= 11 is 4.48. The third kappa shape index (κ3) is 6.21. The van der Waals surface area contributed by atoms with Crippen LogP contribution in [0.4, 0.5) is 5.69 Å². The lowest BCUT2D eigenvalue weighted by Gasteiger charge is -2.17. The van der Waals surface area contributed by atoms with Gasteiger partial charge in [0.15, 0.2) is 5.75 Å². The van der Waals surface area contributed by atoms with Gasteiger partial charge in [-0.1, -0.05) is 31.5 Å². The van der Waals surface area contributed by atoms with Crippen LogP contribution in [-0.4, -0.2) is 25.3 Å². The Kier molecular flexibility index (Phi) is 8.00. The minimum absolute atomic E-state index is 0.233. The van der Waals surface area contributed by atoms with Gasteiger partial charge >= 0.3 is 5.97 Å². The number of carbonyl (C=O) groups is 2. The molecule has 0 fully saturated rings. The van der Waals surface area contributed by atoms with E-state index in [1.54, 1.807) is 12.1 Å². The fraction of sp³-hybridized carbons (Fsp3) is 0.300. The Balaban J connectivity index is 2.29. The van der Waals surface area contributed by atoms with Gasteiger partial charge in [0.05, 0.1) is 11.3 Å². The van der Waals surface area contributed by atoms with Crippen molar-refractivity contribution in [1.29, 1.82) is 0 Å². The molecule has 0 aliphatic carbocycles. The molecule has 0 radical (unpaired) electrons. The van der Waals surface area contributed by atoms with Gasteiger partial charge in [0.25, 0.3) is 6.47 Å². The van der Waals surface area contributed by atoms with Crippen LogP contribution in [0.2, 0.25) is 0 Å². The zero-order valence-electron chi connectivity index (χ0n) is 15.3. The third-order valence-corrected chi connectivity index (χ3v) is 3.97. The Hall–Kier alpha value is -2.67. The van der Waals surface area contributed by atoms with E-state index in [-0.39, 0.29) is 12.0 Å². The molecular weight excluding hydrogens is 366 g/mol. The minimum atomic E-state index is -0.977. The van der Waals surface area contributed by atoms with E-state index in [0.717, 1.165) is 19.4 Å². The molecule has 2 aromatic rings. The second kappa shape index (κ2) is 10.5. The highest BCUT2D eigenvalue weighted by molar-refractivity contribution is 7.80. The minimum Gasteiger partial charge on any atom is -0.454 e. The smallest absolute Gasteiger partial charge is 0.341 e. The quantitative estimate of drug-likeness (QED) is 0.202. The van der Waals surface area contributed by atoms with Crippen molar-refractivity contribution in [3.05, 3.63) is 48.0 Å². The highest BCUT2D eigenvalue weighted by Gasteiger charge is 2.18. The average Bonchev–Trinajstić information content (AvgIpc) is 2.65. The summed E-state index contributed by atoms with van der Waals surface area (Å²) in [5, 5.41) is 3.28. The van der Waals surface area contributed by atoms with Crippen LogP contribution in [-0.2, 0) is 14.3 Å². The van der Waals surface area contributed by atoms with E-state index in [1.165, 1.54) is 6.92 Å². The molecule has 1 atom stereocenters. The Labute approximate surface area is 164 Å². The molecule has 1 N–H and O–H groups in total. The van der Waals surface area contributed by atoms with E-state index >= 15 is 0 Å². The van der Waals surface area contributed by atoms with E-state index in [1.807, 2.05) is 30.3 Å². The molecule has 2 aromatic carbocycles. The average molecular weight is 389 g/mol. The first-order valence-electron chi connectivity index (χ1n) is 8.69. The predicted octanol–water partition coefficient (Wildman–Crippen LogP) is 4.66. The molecule has 6 nitrogen and oxygen atoms in total. The second-order valence-electron chi connectivity index (χ2n) is 5.77. The number of carbonyl (C=O) groups excluding carboxylic acids is 2. The number of rotatable bonds is 10. The number of nitrogens with one attached hydrogen (secondary N) is 1. The first-order valence-corrected chi connectivity index (χ1v) is 9.13. The summed E-state index contributed by atoms with van der Waals surface area (Å²) in [5.74, 6) is 0.563. The fourth-order valence-electron chi connectivity index (χ4n) is 2.30. The number of esters is 1. The number of para-hydroxylation sites is 1. The van der Waals surface area contributed by atoms with Crippen molar-refractivity contribution in [2.45, 2.75) is 37.9 Å². The molecule has 27 heavy (non-hydrogen) atoms.